The van der Waals surface area contributed by atoms with Gasteiger partial charge in [-0.3, -0.25) is 13.9 Å². The lowest BCUT2D eigenvalue weighted by Crippen LogP contribution is -2.52. The zero-order chi connectivity index (χ0) is 28.9. The van der Waals surface area contributed by atoms with Gasteiger partial charge in [0.1, 0.15) is 12.6 Å². The highest BCUT2D eigenvalue weighted by Crippen LogP contribution is 2.31. The van der Waals surface area contributed by atoms with Crippen molar-refractivity contribution in [2.75, 3.05) is 10.8 Å². The number of anilines is 1. The first-order valence-electron chi connectivity index (χ1n) is 13.2. The molecule has 0 unspecified atom stereocenters. The van der Waals surface area contributed by atoms with Crippen molar-refractivity contribution < 1.29 is 18.0 Å². The second-order valence-electron chi connectivity index (χ2n) is 10.0. The number of halogens is 2. The first-order valence-corrected chi connectivity index (χ1v) is 15.4. The van der Waals surface area contributed by atoms with E-state index in [0.717, 1.165) is 35.6 Å². The van der Waals surface area contributed by atoms with Crippen molar-refractivity contribution >= 4 is 50.7 Å². The van der Waals surface area contributed by atoms with Crippen molar-refractivity contribution in [3.05, 3.63) is 94.0 Å². The van der Waals surface area contributed by atoms with Crippen LogP contribution in [0.2, 0.25) is 10.0 Å². The Kier molecular flexibility index (Phi) is 9.77. The Bertz CT molecular complexity index is 1460. The highest BCUT2D eigenvalue weighted by molar-refractivity contribution is 7.92. The van der Waals surface area contributed by atoms with E-state index in [9.17, 15) is 18.0 Å². The Morgan fingerprint density at radius 3 is 2.33 bits per heavy atom. The van der Waals surface area contributed by atoms with Crippen molar-refractivity contribution in [1.82, 2.24) is 10.2 Å². The predicted molar refractivity (Wildman–Crippen MR) is 159 cm³/mol. The van der Waals surface area contributed by atoms with E-state index in [0.29, 0.717) is 15.6 Å². The summed E-state index contributed by atoms with van der Waals surface area (Å²) < 4.78 is 28.9. The van der Waals surface area contributed by atoms with E-state index in [1.54, 1.807) is 68.4 Å². The molecule has 0 aliphatic heterocycles. The summed E-state index contributed by atoms with van der Waals surface area (Å²) in [5, 5.41) is 3.93. The molecule has 40 heavy (non-hydrogen) atoms. The Balaban J connectivity index is 1.71. The number of benzene rings is 3. The zero-order valence-corrected chi connectivity index (χ0v) is 24.8. The van der Waals surface area contributed by atoms with Crippen LogP contribution in [0, 0.1) is 6.92 Å². The number of rotatable bonds is 10. The molecule has 7 nitrogen and oxygen atoms in total. The van der Waals surface area contributed by atoms with Gasteiger partial charge in [-0.25, -0.2) is 8.42 Å². The minimum Gasteiger partial charge on any atom is -0.352 e. The number of nitrogens with one attached hydrogen (secondary N) is 1. The average molecular weight is 603 g/mol. The smallest absolute Gasteiger partial charge is 0.264 e. The SMILES string of the molecule is Cc1c(Cl)cccc1N(CC(=O)N(Cc1cccc(Cl)c1)[C@@H](C)C(=O)NC1CCCC1)S(=O)(=O)c1ccccc1. The fourth-order valence-corrected chi connectivity index (χ4v) is 6.78. The summed E-state index contributed by atoms with van der Waals surface area (Å²) in [4.78, 5) is 28.8. The number of sulfonamides is 1. The second-order valence-corrected chi connectivity index (χ2v) is 12.7. The molecule has 0 heterocycles. The molecule has 1 aliphatic carbocycles. The molecule has 0 spiro atoms. The van der Waals surface area contributed by atoms with Crippen molar-refractivity contribution in [2.45, 2.75) is 63.1 Å². The number of hydrogen-bond donors (Lipinski definition) is 1. The normalized spacial score (nSPS) is 14.5. The van der Waals surface area contributed by atoms with Crippen molar-refractivity contribution in [2.24, 2.45) is 0 Å². The van der Waals surface area contributed by atoms with Gasteiger partial charge in [-0.1, -0.05) is 72.4 Å². The Morgan fingerprint density at radius 2 is 1.65 bits per heavy atom. The van der Waals surface area contributed by atoms with Gasteiger partial charge in [0.15, 0.2) is 0 Å². The predicted octanol–water partition coefficient (Wildman–Crippen LogP) is 5.97. The van der Waals surface area contributed by atoms with Gasteiger partial charge in [0.25, 0.3) is 10.0 Å². The number of carbonyl (C=O) groups excluding carboxylic acids is 2. The van der Waals surface area contributed by atoms with Crippen LogP contribution in [0.5, 0.6) is 0 Å². The summed E-state index contributed by atoms with van der Waals surface area (Å²) in [6.07, 6.45) is 3.90. The van der Waals surface area contributed by atoms with Gasteiger partial charge >= 0.3 is 0 Å². The van der Waals surface area contributed by atoms with E-state index < -0.39 is 28.5 Å². The summed E-state index contributed by atoms with van der Waals surface area (Å²) in [6.45, 7) is 2.91. The monoisotopic (exact) mass is 601 g/mol. The van der Waals surface area contributed by atoms with Crippen molar-refractivity contribution in [3.63, 3.8) is 0 Å². The molecule has 0 bridgehead atoms. The largest absolute Gasteiger partial charge is 0.352 e. The van der Waals surface area contributed by atoms with Crippen molar-refractivity contribution in [3.8, 4) is 0 Å². The second kappa shape index (κ2) is 13.1. The minimum atomic E-state index is -4.16. The third kappa shape index (κ3) is 6.97. The lowest BCUT2D eigenvalue weighted by atomic mass is 10.1. The van der Waals surface area contributed by atoms with E-state index in [-0.39, 0.29) is 29.1 Å². The summed E-state index contributed by atoms with van der Waals surface area (Å²) in [5.41, 5.74) is 1.53. The standard InChI is InChI=1S/C30H33Cl2N3O4S/c1-21-27(32)16-9-17-28(21)35(40(38,39)26-14-4-3-5-15-26)20-29(36)34(19-23-10-8-11-24(31)18-23)22(2)30(37)33-25-12-6-7-13-25/h3-5,8-11,14-18,22,25H,6-7,12-13,19-20H2,1-2H3,(H,33,37)/t22-/m0/s1. The third-order valence-corrected chi connectivity index (χ3v) is 9.65. The summed E-state index contributed by atoms with van der Waals surface area (Å²) in [5.74, 6) is -0.813. The summed E-state index contributed by atoms with van der Waals surface area (Å²) in [7, 11) is -4.16. The van der Waals surface area contributed by atoms with E-state index in [2.05, 4.69) is 5.32 Å². The maximum Gasteiger partial charge on any atom is 0.264 e. The molecular formula is C30H33Cl2N3O4S. The van der Waals surface area contributed by atoms with Crippen LogP contribution < -0.4 is 9.62 Å². The van der Waals surface area contributed by atoms with Gasteiger partial charge in [0.05, 0.1) is 10.6 Å². The van der Waals surface area contributed by atoms with Crippen molar-refractivity contribution in [1.29, 1.82) is 0 Å². The quantitative estimate of drug-likeness (QED) is 0.310. The summed E-state index contributed by atoms with van der Waals surface area (Å²) in [6, 6.07) is 19.1. The fourth-order valence-electron chi connectivity index (χ4n) is 4.91. The molecule has 212 valence electrons. The molecule has 1 fully saturated rings. The highest BCUT2D eigenvalue weighted by Gasteiger charge is 2.34. The maximum absolute atomic E-state index is 14.0. The Morgan fingerprint density at radius 1 is 0.975 bits per heavy atom. The van der Waals surface area contributed by atoms with Crippen LogP contribution in [0.3, 0.4) is 0 Å². The molecule has 1 atom stereocenters. The van der Waals surface area contributed by atoms with Crippen LogP contribution in [0.15, 0.2) is 77.7 Å². The van der Waals surface area contributed by atoms with Gasteiger partial charge in [-0.2, -0.15) is 0 Å². The van der Waals surface area contributed by atoms with E-state index in [4.69, 9.17) is 23.2 Å². The highest BCUT2D eigenvalue weighted by atomic mass is 35.5. The zero-order valence-electron chi connectivity index (χ0n) is 22.5. The molecule has 1 saturated carbocycles. The first kappa shape index (κ1) is 29.9. The van der Waals surface area contributed by atoms with Crippen LogP contribution in [-0.2, 0) is 26.2 Å². The minimum absolute atomic E-state index is 0.0376. The molecule has 2 amide bonds. The van der Waals surface area contributed by atoms with E-state index >= 15 is 0 Å². The van der Waals surface area contributed by atoms with Crippen LogP contribution in [0.25, 0.3) is 0 Å². The fraction of sp³-hybridized carbons (Fsp3) is 0.333. The van der Waals surface area contributed by atoms with Gasteiger partial charge in [-0.15, -0.1) is 0 Å². The van der Waals surface area contributed by atoms with Crippen LogP contribution in [0.4, 0.5) is 5.69 Å². The Hall–Kier alpha value is -3.07. The first-order chi connectivity index (χ1) is 19.1. The molecule has 1 N–H and O–H groups in total. The molecule has 3 aromatic carbocycles. The van der Waals surface area contributed by atoms with Crippen LogP contribution >= 0.6 is 23.2 Å². The molecular weight excluding hydrogens is 569 g/mol. The lowest BCUT2D eigenvalue weighted by Gasteiger charge is -2.33. The number of carbonyl (C=O) groups is 2. The molecule has 0 saturated heterocycles. The molecule has 10 heteroatoms. The van der Waals surface area contributed by atoms with Gasteiger partial charge in [-0.05, 0) is 74.2 Å². The maximum atomic E-state index is 14.0. The topological polar surface area (TPSA) is 86.8 Å². The van der Waals surface area contributed by atoms with Gasteiger partial charge in [0.2, 0.25) is 11.8 Å². The summed E-state index contributed by atoms with van der Waals surface area (Å²) >= 11 is 12.6. The van der Waals surface area contributed by atoms with Gasteiger partial charge < -0.3 is 10.2 Å². The van der Waals surface area contributed by atoms with E-state index in [1.165, 1.54) is 17.0 Å². The number of amides is 2. The average Bonchev–Trinajstić information content (AvgIpc) is 3.45. The third-order valence-electron chi connectivity index (χ3n) is 7.23. The molecule has 0 radical (unpaired) electrons. The molecule has 0 aromatic heterocycles. The van der Waals surface area contributed by atoms with Gasteiger partial charge in [0, 0.05) is 22.6 Å². The van der Waals surface area contributed by atoms with E-state index in [1.807, 2.05) is 6.07 Å². The lowest BCUT2D eigenvalue weighted by molar-refractivity contribution is -0.139. The Labute approximate surface area is 246 Å². The molecule has 1 aliphatic rings. The molecule has 3 aromatic rings. The number of hydrogen-bond acceptors (Lipinski definition) is 4. The molecule has 4 rings (SSSR count). The number of nitrogens with zero attached hydrogens (tertiary/aromatic N) is 2. The van der Waals surface area contributed by atoms with Crippen LogP contribution in [-0.4, -0.2) is 43.8 Å². The van der Waals surface area contributed by atoms with Crippen LogP contribution in [0.1, 0.15) is 43.7 Å².